The van der Waals surface area contributed by atoms with Crippen molar-refractivity contribution in [1.82, 2.24) is 19.8 Å². The molecule has 0 saturated carbocycles. The summed E-state index contributed by atoms with van der Waals surface area (Å²) < 4.78 is 14.4. The van der Waals surface area contributed by atoms with E-state index in [1.54, 1.807) is 36.5 Å². The van der Waals surface area contributed by atoms with Crippen LogP contribution in [0.5, 0.6) is 0 Å². The first-order valence-corrected chi connectivity index (χ1v) is 12.4. The highest BCUT2D eigenvalue weighted by atomic mass is 19.1. The molecule has 0 unspecified atom stereocenters. The molecule has 8 heteroatoms. The van der Waals surface area contributed by atoms with Gasteiger partial charge in [0.15, 0.2) is 0 Å². The van der Waals surface area contributed by atoms with Crippen molar-refractivity contribution in [1.29, 1.82) is 0 Å². The van der Waals surface area contributed by atoms with Gasteiger partial charge in [-0.3, -0.25) is 14.6 Å². The summed E-state index contributed by atoms with van der Waals surface area (Å²) in [6.45, 7) is 10.3. The van der Waals surface area contributed by atoms with E-state index in [4.69, 9.17) is 0 Å². The van der Waals surface area contributed by atoms with Crippen LogP contribution in [0, 0.1) is 12.7 Å². The number of carbonyl (C=O) groups excluding carboxylic acids is 2. The van der Waals surface area contributed by atoms with Gasteiger partial charge in [0.2, 0.25) is 0 Å². The number of carbonyl (C=O) groups is 2. The maximum atomic E-state index is 14.4. The number of hydrogen-bond donors (Lipinski definition) is 2. The maximum Gasteiger partial charge on any atom is 0.256 e. The van der Waals surface area contributed by atoms with Crippen LogP contribution in [-0.4, -0.2) is 64.3 Å². The average Bonchev–Trinajstić information content (AvgIpc) is 3.37. The van der Waals surface area contributed by atoms with E-state index in [1.807, 2.05) is 11.8 Å². The van der Waals surface area contributed by atoms with Crippen LogP contribution >= 0.6 is 0 Å². The molecular formula is C28H30FN5O2. The summed E-state index contributed by atoms with van der Waals surface area (Å²) in [5, 5.41) is 2.84. The predicted molar refractivity (Wildman–Crippen MR) is 139 cm³/mol. The lowest BCUT2D eigenvalue weighted by Crippen LogP contribution is -2.42. The molecule has 4 heterocycles. The van der Waals surface area contributed by atoms with Crippen LogP contribution in [0.3, 0.4) is 0 Å². The summed E-state index contributed by atoms with van der Waals surface area (Å²) in [6, 6.07) is 8.17. The van der Waals surface area contributed by atoms with Crippen molar-refractivity contribution in [2.75, 3.05) is 38.0 Å². The third-order valence-electron chi connectivity index (χ3n) is 7.21. The van der Waals surface area contributed by atoms with Gasteiger partial charge in [-0.05, 0) is 49.9 Å². The van der Waals surface area contributed by atoms with Gasteiger partial charge in [0.05, 0.1) is 28.7 Å². The fourth-order valence-corrected chi connectivity index (χ4v) is 5.02. The quantitative estimate of drug-likeness (QED) is 0.486. The largest absolute Gasteiger partial charge is 0.358 e. The van der Waals surface area contributed by atoms with Crippen molar-refractivity contribution in [3.63, 3.8) is 0 Å². The number of fused-ring (bicyclic) bond motifs is 2. The monoisotopic (exact) mass is 487 g/mol. The second-order valence-corrected chi connectivity index (χ2v) is 9.19. The molecule has 0 fully saturated rings. The summed E-state index contributed by atoms with van der Waals surface area (Å²) in [5.41, 5.74) is 5.71. The first-order valence-electron chi connectivity index (χ1n) is 12.4. The van der Waals surface area contributed by atoms with Crippen LogP contribution in [0.1, 0.15) is 46.7 Å². The van der Waals surface area contributed by atoms with Gasteiger partial charge < -0.3 is 20.1 Å². The van der Waals surface area contributed by atoms with Gasteiger partial charge in [-0.1, -0.05) is 26.0 Å². The Labute approximate surface area is 210 Å². The molecule has 0 spiro atoms. The second kappa shape index (κ2) is 9.70. The molecule has 1 aromatic carbocycles. The Morgan fingerprint density at radius 3 is 2.69 bits per heavy atom. The SMILES string of the molecule is CCN(CC)CCN1CCc2[nH]c(/C=C3\C(=O)Nc4cnc(-c5ccccc5F)cc43)c(C)c2C1=O. The normalized spacial score (nSPS) is 16.0. The molecule has 7 nitrogen and oxygen atoms in total. The van der Waals surface area contributed by atoms with E-state index in [0.717, 1.165) is 43.0 Å². The molecule has 0 saturated heterocycles. The van der Waals surface area contributed by atoms with E-state index >= 15 is 0 Å². The summed E-state index contributed by atoms with van der Waals surface area (Å²) in [5.74, 6) is -0.592. The number of H-pyrrole nitrogens is 1. The summed E-state index contributed by atoms with van der Waals surface area (Å²) >= 11 is 0. The van der Waals surface area contributed by atoms with Crippen LogP contribution in [-0.2, 0) is 11.2 Å². The van der Waals surface area contributed by atoms with Crippen molar-refractivity contribution >= 4 is 29.2 Å². The molecular weight excluding hydrogens is 457 g/mol. The van der Waals surface area contributed by atoms with E-state index in [2.05, 4.69) is 34.0 Å². The first-order chi connectivity index (χ1) is 17.4. The van der Waals surface area contributed by atoms with E-state index in [0.29, 0.717) is 46.7 Å². The Hall–Kier alpha value is -3.78. The molecule has 3 aromatic rings. The third kappa shape index (κ3) is 4.22. The topological polar surface area (TPSA) is 81.3 Å². The van der Waals surface area contributed by atoms with Crippen LogP contribution in [0.25, 0.3) is 22.9 Å². The highest BCUT2D eigenvalue weighted by Gasteiger charge is 2.31. The van der Waals surface area contributed by atoms with E-state index < -0.39 is 0 Å². The molecule has 2 aliphatic rings. The smallest absolute Gasteiger partial charge is 0.256 e. The highest BCUT2D eigenvalue weighted by Crippen LogP contribution is 2.36. The third-order valence-corrected chi connectivity index (χ3v) is 7.21. The standard InChI is InChI=1S/C28H30FN5O2/c1-4-33(5-2)12-13-34-11-10-22-26(28(34)36)17(3)23(31-22)15-20-19-14-24(18-8-6-7-9-21(18)29)30-16-25(19)32-27(20)35/h6-9,14-16,31H,4-5,10-13H2,1-3H3,(H,32,35)/b20-15-. The summed E-state index contributed by atoms with van der Waals surface area (Å²) in [4.78, 5) is 38.1. The minimum absolute atomic E-state index is 0.0316. The van der Waals surface area contributed by atoms with E-state index in [1.165, 1.54) is 6.07 Å². The van der Waals surface area contributed by atoms with Crippen molar-refractivity contribution in [2.45, 2.75) is 27.2 Å². The van der Waals surface area contributed by atoms with E-state index in [9.17, 15) is 14.0 Å². The average molecular weight is 488 g/mol. The summed E-state index contributed by atoms with van der Waals surface area (Å²) in [7, 11) is 0. The number of likely N-dealkylation sites (N-methyl/N-ethyl adjacent to an activating group) is 1. The van der Waals surface area contributed by atoms with Crippen LogP contribution in [0.4, 0.5) is 10.1 Å². The fourth-order valence-electron chi connectivity index (χ4n) is 5.02. The van der Waals surface area contributed by atoms with Gasteiger partial charge >= 0.3 is 0 Å². The van der Waals surface area contributed by atoms with Crippen LogP contribution in [0.2, 0.25) is 0 Å². The van der Waals surface area contributed by atoms with Crippen molar-refractivity contribution in [2.24, 2.45) is 0 Å². The van der Waals surface area contributed by atoms with E-state index in [-0.39, 0.29) is 17.6 Å². The molecule has 2 amide bonds. The second-order valence-electron chi connectivity index (χ2n) is 9.19. The van der Waals surface area contributed by atoms with Crippen LogP contribution in [0.15, 0.2) is 36.5 Å². The number of nitrogens with one attached hydrogen (secondary N) is 2. The number of anilines is 1. The Kier molecular flexibility index (Phi) is 6.45. The Bertz CT molecular complexity index is 1370. The molecule has 5 rings (SSSR count). The number of hydrogen-bond acceptors (Lipinski definition) is 4. The van der Waals surface area contributed by atoms with Gasteiger partial charge in [0.25, 0.3) is 11.8 Å². The zero-order chi connectivity index (χ0) is 25.4. The lowest BCUT2D eigenvalue weighted by molar-refractivity contribution is -0.110. The zero-order valence-corrected chi connectivity index (χ0v) is 20.8. The number of benzene rings is 1. The minimum atomic E-state index is -0.371. The van der Waals surface area contributed by atoms with Crippen molar-refractivity contribution in [3.8, 4) is 11.3 Å². The number of nitrogens with zero attached hydrogens (tertiary/aromatic N) is 3. The number of aromatic nitrogens is 2. The zero-order valence-electron chi connectivity index (χ0n) is 20.8. The number of rotatable bonds is 7. The Morgan fingerprint density at radius 2 is 1.94 bits per heavy atom. The molecule has 2 N–H and O–H groups in total. The lowest BCUT2D eigenvalue weighted by Gasteiger charge is -2.29. The van der Waals surface area contributed by atoms with Crippen molar-refractivity contribution < 1.29 is 14.0 Å². The molecule has 0 aliphatic carbocycles. The Morgan fingerprint density at radius 1 is 1.17 bits per heavy atom. The molecule has 0 radical (unpaired) electrons. The highest BCUT2D eigenvalue weighted by molar-refractivity contribution is 6.35. The Balaban J connectivity index is 1.46. The molecule has 0 atom stereocenters. The number of amides is 2. The number of pyridine rings is 1. The molecule has 2 aromatic heterocycles. The number of halogens is 1. The number of aromatic amines is 1. The van der Waals surface area contributed by atoms with Gasteiger partial charge in [0.1, 0.15) is 5.82 Å². The van der Waals surface area contributed by atoms with Crippen LogP contribution < -0.4 is 5.32 Å². The van der Waals surface area contributed by atoms with Gasteiger partial charge in [0, 0.05) is 48.6 Å². The predicted octanol–water partition coefficient (Wildman–Crippen LogP) is 4.36. The lowest BCUT2D eigenvalue weighted by atomic mass is 10.0. The van der Waals surface area contributed by atoms with Crippen molar-refractivity contribution in [3.05, 3.63) is 70.4 Å². The minimum Gasteiger partial charge on any atom is -0.358 e. The summed E-state index contributed by atoms with van der Waals surface area (Å²) in [6.07, 6.45) is 4.08. The fraction of sp³-hybridized carbons (Fsp3) is 0.321. The van der Waals surface area contributed by atoms with Gasteiger partial charge in [-0.25, -0.2) is 4.39 Å². The van der Waals surface area contributed by atoms with Gasteiger partial charge in [-0.2, -0.15) is 0 Å². The van der Waals surface area contributed by atoms with Gasteiger partial charge in [-0.15, -0.1) is 0 Å². The molecule has 2 aliphatic heterocycles. The maximum absolute atomic E-state index is 14.4. The molecule has 0 bridgehead atoms. The molecule has 36 heavy (non-hydrogen) atoms. The first kappa shape index (κ1) is 23.9. The molecule has 186 valence electrons.